The molecule has 1 aromatic carbocycles. The Balaban J connectivity index is 1.90. The second-order valence-electron chi connectivity index (χ2n) is 5.55. The topological polar surface area (TPSA) is 79.0 Å². The van der Waals surface area contributed by atoms with Gasteiger partial charge in [-0.2, -0.15) is 18.3 Å². The maximum absolute atomic E-state index is 12.9. The van der Waals surface area contributed by atoms with Crippen molar-refractivity contribution < 1.29 is 22.7 Å². The van der Waals surface area contributed by atoms with Gasteiger partial charge < -0.3 is 15.4 Å². The maximum Gasteiger partial charge on any atom is 0.416 e. The van der Waals surface area contributed by atoms with E-state index in [9.17, 15) is 18.0 Å². The van der Waals surface area contributed by atoms with Crippen LogP contribution in [0.1, 0.15) is 34.2 Å². The Bertz CT molecular complexity index is 786. The number of aromatic nitrogens is 2. The van der Waals surface area contributed by atoms with E-state index in [-0.39, 0.29) is 23.7 Å². The summed E-state index contributed by atoms with van der Waals surface area (Å²) in [4.78, 5) is 12.5. The Morgan fingerprint density at radius 1 is 1.40 bits per heavy atom. The quantitative estimate of drug-likeness (QED) is 0.789. The number of nitrogens with one attached hydrogen (secondary N) is 3. The van der Waals surface area contributed by atoms with Crippen molar-refractivity contribution in [3.8, 4) is 5.75 Å². The first kappa shape index (κ1) is 17.3. The minimum atomic E-state index is -4.51. The molecular weight excluding hydrogens is 337 g/mol. The predicted octanol–water partition coefficient (Wildman–Crippen LogP) is 2.73. The normalized spacial score (nSPS) is 14.1. The molecule has 0 spiro atoms. The highest BCUT2D eigenvalue weighted by Crippen LogP contribution is 2.35. The molecule has 2 heterocycles. The van der Waals surface area contributed by atoms with Gasteiger partial charge in [0.1, 0.15) is 5.75 Å². The zero-order chi connectivity index (χ0) is 18.0. The number of carbonyl (C=O) groups excluding carboxylic acids is 1. The van der Waals surface area contributed by atoms with Crippen LogP contribution in [-0.4, -0.2) is 29.3 Å². The molecule has 0 unspecified atom stereocenters. The Labute approximate surface area is 141 Å². The van der Waals surface area contributed by atoms with Gasteiger partial charge in [0, 0.05) is 30.8 Å². The molecule has 1 aromatic heterocycles. The molecule has 1 aliphatic heterocycles. The molecule has 0 aliphatic carbocycles. The van der Waals surface area contributed by atoms with Crippen molar-refractivity contribution in [2.75, 3.05) is 18.5 Å². The van der Waals surface area contributed by atoms with E-state index in [1.54, 1.807) is 6.92 Å². The fraction of sp³-hybridized carbons (Fsp3) is 0.375. The summed E-state index contributed by atoms with van der Waals surface area (Å²) in [5.74, 6) is -0.409. The van der Waals surface area contributed by atoms with Crippen LogP contribution in [0, 0.1) is 0 Å². The first-order valence-electron chi connectivity index (χ1n) is 7.82. The second kappa shape index (κ2) is 6.75. The van der Waals surface area contributed by atoms with Gasteiger partial charge in [0.25, 0.3) is 5.91 Å². The minimum absolute atomic E-state index is 0.0396. The van der Waals surface area contributed by atoms with Crippen molar-refractivity contribution in [2.45, 2.75) is 26.1 Å². The van der Waals surface area contributed by atoms with Crippen molar-refractivity contribution in [1.82, 2.24) is 15.5 Å². The fourth-order valence-electron chi connectivity index (χ4n) is 2.68. The first-order valence-corrected chi connectivity index (χ1v) is 7.82. The molecule has 0 radical (unpaired) electrons. The van der Waals surface area contributed by atoms with E-state index >= 15 is 0 Å². The van der Waals surface area contributed by atoms with Gasteiger partial charge in [0.05, 0.1) is 17.9 Å². The number of aromatic amines is 1. The van der Waals surface area contributed by atoms with E-state index in [1.807, 2.05) is 0 Å². The van der Waals surface area contributed by atoms with Crippen molar-refractivity contribution in [2.24, 2.45) is 0 Å². The highest BCUT2D eigenvalue weighted by atomic mass is 19.4. The molecule has 0 saturated carbocycles. The Morgan fingerprint density at radius 3 is 2.92 bits per heavy atom. The van der Waals surface area contributed by atoms with E-state index < -0.39 is 17.6 Å². The van der Waals surface area contributed by atoms with Gasteiger partial charge in [-0.1, -0.05) is 0 Å². The molecule has 9 heteroatoms. The average molecular weight is 354 g/mol. The lowest BCUT2D eigenvalue weighted by Crippen LogP contribution is -2.25. The number of benzene rings is 1. The lowest BCUT2D eigenvalue weighted by Gasteiger charge is -2.15. The van der Waals surface area contributed by atoms with Crippen molar-refractivity contribution >= 4 is 11.6 Å². The Morgan fingerprint density at radius 2 is 2.20 bits per heavy atom. The van der Waals surface area contributed by atoms with Crippen LogP contribution in [0.2, 0.25) is 0 Å². The van der Waals surface area contributed by atoms with E-state index in [0.29, 0.717) is 13.0 Å². The Hall–Kier alpha value is -2.55. The number of ether oxygens (including phenoxy) is 1. The van der Waals surface area contributed by atoms with Gasteiger partial charge in [-0.25, -0.2) is 0 Å². The molecule has 1 aliphatic rings. The second-order valence-corrected chi connectivity index (χ2v) is 5.55. The molecule has 0 fully saturated rings. The monoisotopic (exact) mass is 354 g/mol. The van der Waals surface area contributed by atoms with Crippen LogP contribution in [0.25, 0.3) is 0 Å². The smallest absolute Gasteiger partial charge is 0.416 e. The summed E-state index contributed by atoms with van der Waals surface area (Å²) in [7, 11) is 0. The fourth-order valence-corrected chi connectivity index (χ4v) is 2.68. The summed E-state index contributed by atoms with van der Waals surface area (Å²) >= 11 is 0. The van der Waals surface area contributed by atoms with Crippen LogP contribution >= 0.6 is 0 Å². The number of carbonyl (C=O) groups is 1. The summed E-state index contributed by atoms with van der Waals surface area (Å²) in [6.07, 6.45) is -3.80. The molecule has 134 valence electrons. The number of alkyl halides is 3. The van der Waals surface area contributed by atoms with Crippen LogP contribution in [0.5, 0.6) is 5.75 Å². The lowest BCUT2D eigenvalue weighted by atomic mass is 10.1. The lowest BCUT2D eigenvalue weighted by molar-refractivity contribution is -0.137. The standard InChI is InChI=1S/C16H17F3N4O2/c1-2-25-13-4-3-9(16(17,18)19)7-12(13)21-15(24)14-10-8-20-6-5-11(10)22-23-14/h3-4,7,20H,2,5-6,8H2,1H3,(H,21,24)(H,22,23). The molecule has 2 aromatic rings. The third-order valence-electron chi connectivity index (χ3n) is 3.88. The molecule has 6 nitrogen and oxygen atoms in total. The molecular formula is C16H17F3N4O2. The van der Waals surface area contributed by atoms with Crippen LogP contribution in [0.3, 0.4) is 0 Å². The van der Waals surface area contributed by atoms with Crippen LogP contribution in [0.4, 0.5) is 18.9 Å². The summed E-state index contributed by atoms with van der Waals surface area (Å²) in [6, 6.07) is 2.98. The Kier molecular flexibility index (Phi) is 4.67. The summed E-state index contributed by atoms with van der Waals surface area (Å²) in [5.41, 5.74) is 0.855. The van der Waals surface area contributed by atoms with Gasteiger partial charge in [0.2, 0.25) is 0 Å². The van der Waals surface area contributed by atoms with Gasteiger partial charge in [-0.15, -0.1) is 0 Å². The number of halogens is 3. The minimum Gasteiger partial charge on any atom is -0.492 e. The number of nitrogens with zero attached hydrogens (tertiary/aromatic N) is 1. The molecule has 0 saturated heterocycles. The van der Waals surface area contributed by atoms with Gasteiger partial charge >= 0.3 is 6.18 Å². The zero-order valence-electron chi connectivity index (χ0n) is 13.5. The number of hydrogen-bond acceptors (Lipinski definition) is 4. The highest BCUT2D eigenvalue weighted by molar-refractivity contribution is 6.04. The third-order valence-corrected chi connectivity index (χ3v) is 3.88. The molecule has 25 heavy (non-hydrogen) atoms. The van der Waals surface area contributed by atoms with Crippen molar-refractivity contribution in [3.63, 3.8) is 0 Å². The number of H-pyrrole nitrogens is 1. The first-order chi connectivity index (χ1) is 11.9. The zero-order valence-corrected chi connectivity index (χ0v) is 13.5. The van der Waals surface area contributed by atoms with E-state index in [1.165, 1.54) is 6.07 Å². The SMILES string of the molecule is CCOc1ccc(C(F)(F)F)cc1NC(=O)c1n[nH]c2c1CNCC2. The van der Waals surface area contributed by atoms with Gasteiger partial charge in [-0.05, 0) is 25.1 Å². The highest BCUT2D eigenvalue weighted by Gasteiger charge is 2.32. The average Bonchev–Trinajstić information content (AvgIpc) is 3.00. The van der Waals surface area contributed by atoms with Crippen molar-refractivity contribution in [3.05, 3.63) is 40.7 Å². The molecule has 3 rings (SSSR count). The number of hydrogen-bond donors (Lipinski definition) is 3. The molecule has 1 amide bonds. The maximum atomic E-state index is 12.9. The largest absolute Gasteiger partial charge is 0.492 e. The summed E-state index contributed by atoms with van der Waals surface area (Å²) < 4.78 is 44.1. The molecule has 3 N–H and O–H groups in total. The predicted molar refractivity (Wildman–Crippen MR) is 84.6 cm³/mol. The summed E-state index contributed by atoms with van der Waals surface area (Å²) in [6.45, 7) is 3.23. The number of amides is 1. The number of rotatable bonds is 4. The third kappa shape index (κ3) is 3.60. The van der Waals surface area contributed by atoms with E-state index in [0.717, 1.165) is 29.9 Å². The number of anilines is 1. The molecule has 0 bridgehead atoms. The van der Waals surface area contributed by atoms with Gasteiger partial charge in [-0.3, -0.25) is 9.89 Å². The number of fused-ring (bicyclic) bond motifs is 1. The van der Waals surface area contributed by atoms with Crippen molar-refractivity contribution in [1.29, 1.82) is 0 Å². The van der Waals surface area contributed by atoms with E-state index in [2.05, 4.69) is 20.8 Å². The van der Waals surface area contributed by atoms with E-state index in [4.69, 9.17) is 4.74 Å². The van der Waals surface area contributed by atoms with Crippen LogP contribution < -0.4 is 15.4 Å². The molecule has 0 atom stereocenters. The summed E-state index contributed by atoms with van der Waals surface area (Å²) in [5, 5.41) is 12.4. The van der Waals surface area contributed by atoms with Gasteiger partial charge in [0.15, 0.2) is 5.69 Å². The van der Waals surface area contributed by atoms with Crippen LogP contribution in [0.15, 0.2) is 18.2 Å². The van der Waals surface area contributed by atoms with Crippen LogP contribution in [-0.2, 0) is 19.1 Å².